The Bertz CT molecular complexity index is 425. The molecule has 0 amide bonds. The molecule has 1 aliphatic heterocycles. The largest absolute Gasteiger partial charge is 0.448 e. The van der Waals surface area contributed by atoms with Crippen LogP contribution in [0.4, 0.5) is 0 Å². The molecule has 0 saturated heterocycles. The fourth-order valence-corrected chi connectivity index (χ4v) is 2.23. The van der Waals surface area contributed by atoms with E-state index in [1.54, 1.807) is 0 Å². The molecule has 1 spiro atoms. The predicted molar refractivity (Wildman–Crippen MR) is 63.0 cm³/mol. The summed E-state index contributed by atoms with van der Waals surface area (Å²) >= 11 is 0. The van der Waals surface area contributed by atoms with E-state index in [9.17, 15) is 0 Å². The Kier molecular flexibility index (Phi) is 1.84. The number of ether oxygens (including phenoxy) is 2. The van der Waals surface area contributed by atoms with Crippen molar-refractivity contribution in [2.24, 2.45) is 0 Å². The Balaban J connectivity index is 1.94. The quantitative estimate of drug-likeness (QED) is 0.662. The zero-order chi connectivity index (χ0) is 11.4. The molecule has 1 saturated carbocycles. The fourth-order valence-electron chi connectivity index (χ4n) is 2.23. The first-order valence-electron chi connectivity index (χ1n) is 6.01. The van der Waals surface area contributed by atoms with Crippen LogP contribution in [0.25, 0.3) is 0 Å². The number of hydrogen-bond donors (Lipinski definition) is 0. The SMILES string of the molecule is CC(C)(C)c1ccc2c(c1)OC1(CCC1)O2. The highest BCUT2D eigenvalue weighted by Crippen LogP contribution is 2.49. The summed E-state index contributed by atoms with van der Waals surface area (Å²) in [5, 5.41) is 0. The smallest absolute Gasteiger partial charge is 0.251 e. The van der Waals surface area contributed by atoms with Crippen molar-refractivity contribution in [3.05, 3.63) is 23.8 Å². The lowest BCUT2D eigenvalue weighted by Crippen LogP contribution is -2.45. The fraction of sp³-hybridized carbons (Fsp3) is 0.571. The van der Waals surface area contributed by atoms with Gasteiger partial charge in [-0.25, -0.2) is 0 Å². The zero-order valence-corrected chi connectivity index (χ0v) is 10.2. The third-order valence-corrected chi connectivity index (χ3v) is 3.52. The van der Waals surface area contributed by atoms with E-state index in [0.29, 0.717) is 0 Å². The summed E-state index contributed by atoms with van der Waals surface area (Å²) in [6, 6.07) is 6.31. The molecule has 0 unspecified atom stereocenters. The van der Waals surface area contributed by atoms with E-state index in [0.717, 1.165) is 24.3 Å². The lowest BCUT2D eigenvalue weighted by molar-refractivity contribution is -0.138. The molecule has 16 heavy (non-hydrogen) atoms. The average molecular weight is 218 g/mol. The first kappa shape index (κ1) is 10.0. The van der Waals surface area contributed by atoms with Gasteiger partial charge in [-0.05, 0) is 29.5 Å². The second-order valence-corrected chi connectivity index (χ2v) is 5.88. The second kappa shape index (κ2) is 2.93. The molecule has 1 fully saturated rings. The van der Waals surface area contributed by atoms with E-state index in [4.69, 9.17) is 9.47 Å². The van der Waals surface area contributed by atoms with Gasteiger partial charge in [0.05, 0.1) is 0 Å². The van der Waals surface area contributed by atoms with E-state index in [1.165, 1.54) is 12.0 Å². The van der Waals surface area contributed by atoms with Gasteiger partial charge in [0.15, 0.2) is 11.5 Å². The molecule has 86 valence electrons. The van der Waals surface area contributed by atoms with Gasteiger partial charge in [0.1, 0.15) is 0 Å². The number of hydrogen-bond acceptors (Lipinski definition) is 2. The van der Waals surface area contributed by atoms with Crippen LogP contribution in [0.2, 0.25) is 0 Å². The average Bonchev–Trinajstić information content (AvgIpc) is 2.53. The molecule has 2 heteroatoms. The van der Waals surface area contributed by atoms with Crippen molar-refractivity contribution in [1.82, 2.24) is 0 Å². The Morgan fingerprint density at radius 1 is 1.06 bits per heavy atom. The lowest BCUT2D eigenvalue weighted by atomic mass is 9.87. The van der Waals surface area contributed by atoms with Crippen molar-refractivity contribution in [2.75, 3.05) is 0 Å². The highest BCUT2D eigenvalue weighted by atomic mass is 16.7. The molecule has 1 aliphatic carbocycles. The molecule has 0 aromatic heterocycles. The highest BCUT2D eigenvalue weighted by Gasteiger charge is 2.47. The molecule has 0 radical (unpaired) electrons. The Morgan fingerprint density at radius 2 is 1.75 bits per heavy atom. The van der Waals surface area contributed by atoms with Crippen molar-refractivity contribution in [3.63, 3.8) is 0 Å². The van der Waals surface area contributed by atoms with Crippen LogP contribution in [0.5, 0.6) is 11.5 Å². The molecule has 2 nitrogen and oxygen atoms in total. The number of fused-ring (bicyclic) bond motifs is 1. The van der Waals surface area contributed by atoms with Gasteiger partial charge < -0.3 is 9.47 Å². The van der Waals surface area contributed by atoms with Gasteiger partial charge in [-0.15, -0.1) is 0 Å². The van der Waals surface area contributed by atoms with Crippen LogP contribution in [0.1, 0.15) is 45.6 Å². The maximum atomic E-state index is 5.94. The normalized spacial score (nSPS) is 20.9. The first-order valence-corrected chi connectivity index (χ1v) is 6.01. The maximum Gasteiger partial charge on any atom is 0.251 e. The van der Waals surface area contributed by atoms with Gasteiger partial charge in [-0.3, -0.25) is 0 Å². The highest BCUT2D eigenvalue weighted by molar-refractivity contribution is 5.47. The van der Waals surface area contributed by atoms with Gasteiger partial charge in [-0.2, -0.15) is 0 Å². The van der Waals surface area contributed by atoms with Crippen LogP contribution >= 0.6 is 0 Å². The van der Waals surface area contributed by atoms with Crippen molar-refractivity contribution in [2.45, 2.75) is 51.2 Å². The minimum Gasteiger partial charge on any atom is -0.448 e. The van der Waals surface area contributed by atoms with Crippen LogP contribution in [0.15, 0.2) is 18.2 Å². The van der Waals surface area contributed by atoms with Crippen LogP contribution in [0, 0.1) is 0 Å². The van der Waals surface area contributed by atoms with Crippen molar-refractivity contribution < 1.29 is 9.47 Å². The van der Waals surface area contributed by atoms with Crippen LogP contribution in [0.3, 0.4) is 0 Å². The molecule has 2 aliphatic rings. The van der Waals surface area contributed by atoms with Crippen LogP contribution in [-0.4, -0.2) is 5.79 Å². The van der Waals surface area contributed by atoms with Crippen LogP contribution in [-0.2, 0) is 5.41 Å². The second-order valence-electron chi connectivity index (χ2n) is 5.88. The van der Waals surface area contributed by atoms with Gasteiger partial charge in [0.2, 0.25) is 0 Å². The Labute approximate surface area is 96.6 Å². The topological polar surface area (TPSA) is 18.5 Å². The summed E-state index contributed by atoms with van der Waals surface area (Å²) in [6.07, 6.45) is 3.25. The first-order chi connectivity index (χ1) is 7.49. The van der Waals surface area contributed by atoms with Crippen molar-refractivity contribution >= 4 is 0 Å². The summed E-state index contributed by atoms with van der Waals surface area (Å²) in [7, 11) is 0. The van der Waals surface area contributed by atoms with E-state index < -0.39 is 0 Å². The van der Waals surface area contributed by atoms with Crippen LogP contribution < -0.4 is 9.47 Å². The Hall–Kier alpha value is -1.18. The maximum absolute atomic E-state index is 5.94. The van der Waals surface area contributed by atoms with Crippen molar-refractivity contribution in [1.29, 1.82) is 0 Å². The van der Waals surface area contributed by atoms with Gasteiger partial charge in [0.25, 0.3) is 5.79 Å². The third-order valence-electron chi connectivity index (χ3n) is 3.52. The summed E-state index contributed by atoms with van der Waals surface area (Å²) in [4.78, 5) is 0. The minimum absolute atomic E-state index is 0.160. The van der Waals surface area contributed by atoms with E-state index in [2.05, 4.69) is 32.9 Å². The molecule has 0 atom stereocenters. The Morgan fingerprint density at radius 3 is 2.31 bits per heavy atom. The summed E-state index contributed by atoms with van der Waals surface area (Å²) < 4.78 is 11.8. The molecular weight excluding hydrogens is 200 g/mol. The third kappa shape index (κ3) is 1.40. The van der Waals surface area contributed by atoms with E-state index in [1.807, 2.05) is 6.07 Å². The standard InChI is InChI=1S/C14H18O2/c1-13(2,3)10-5-6-11-12(9-10)16-14(15-11)7-4-8-14/h5-6,9H,4,7-8H2,1-3H3. The summed E-state index contributed by atoms with van der Waals surface area (Å²) in [5.41, 5.74) is 1.46. The summed E-state index contributed by atoms with van der Waals surface area (Å²) in [5.74, 6) is 1.53. The lowest BCUT2D eigenvalue weighted by Gasteiger charge is -2.35. The van der Waals surface area contributed by atoms with Crippen molar-refractivity contribution in [3.8, 4) is 11.5 Å². The number of benzene rings is 1. The van der Waals surface area contributed by atoms with Gasteiger partial charge in [0, 0.05) is 12.8 Å². The van der Waals surface area contributed by atoms with Gasteiger partial charge in [-0.1, -0.05) is 26.8 Å². The molecule has 1 heterocycles. The molecule has 3 rings (SSSR count). The zero-order valence-electron chi connectivity index (χ0n) is 10.2. The molecule has 1 aromatic rings. The summed E-state index contributed by atoms with van der Waals surface area (Å²) in [6.45, 7) is 6.64. The number of rotatable bonds is 0. The van der Waals surface area contributed by atoms with E-state index >= 15 is 0 Å². The molecule has 1 aromatic carbocycles. The monoisotopic (exact) mass is 218 g/mol. The van der Waals surface area contributed by atoms with Gasteiger partial charge >= 0.3 is 0 Å². The van der Waals surface area contributed by atoms with E-state index in [-0.39, 0.29) is 11.2 Å². The minimum atomic E-state index is -0.307. The predicted octanol–water partition coefficient (Wildman–Crippen LogP) is 3.64. The molecule has 0 N–H and O–H groups in total. The molecule has 0 bridgehead atoms. The molecular formula is C14H18O2.